The number of carbonyl (C=O) groups excluding carboxylic acids is 1. The van der Waals surface area contributed by atoms with Crippen molar-refractivity contribution in [2.75, 3.05) is 0 Å². The minimum Gasteiger partial charge on any atom is -0.480 e. The number of rotatable bonds is 7. The first-order valence-corrected chi connectivity index (χ1v) is 7.10. The van der Waals surface area contributed by atoms with E-state index in [1.807, 2.05) is 14.0 Å². The predicted octanol–water partition coefficient (Wildman–Crippen LogP) is 1.67. The van der Waals surface area contributed by atoms with Crippen molar-refractivity contribution in [3.05, 3.63) is 17.5 Å². The molecular formula is C14H21N3O3. The molecular weight excluding hydrogens is 258 g/mol. The maximum absolute atomic E-state index is 12.3. The molecule has 1 aliphatic rings. The monoisotopic (exact) mass is 279 g/mol. The van der Waals surface area contributed by atoms with Crippen LogP contribution in [0.1, 0.15) is 61.0 Å². The first-order valence-electron chi connectivity index (χ1n) is 7.10. The topological polar surface area (TPSA) is 84.2 Å². The molecule has 0 spiro atoms. The zero-order valence-corrected chi connectivity index (χ0v) is 11.9. The molecule has 1 amide bonds. The maximum atomic E-state index is 12.3. The van der Waals surface area contributed by atoms with E-state index in [4.69, 9.17) is 5.11 Å². The van der Waals surface area contributed by atoms with Gasteiger partial charge in [0.2, 0.25) is 0 Å². The van der Waals surface area contributed by atoms with E-state index >= 15 is 0 Å². The second-order valence-corrected chi connectivity index (χ2v) is 5.35. The first kappa shape index (κ1) is 14.6. The number of aromatic nitrogens is 2. The van der Waals surface area contributed by atoms with Crippen molar-refractivity contribution in [1.29, 1.82) is 0 Å². The molecule has 6 nitrogen and oxygen atoms in total. The molecule has 6 heteroatoms. The minimum absolute atomic E-state index is 0.330. The van der Waals surface area contributed by atoms with Crippen LogP contribution >= 0.6 is 0 Å². The Morgan fingerprint density at radius 1 is 1.55 bits per heavy atom. The standard InChI is InChI=1S/C14H21N3O3/c1-3-4-5-11(14(19)20)16-13(18)10-8-15-17(2)12(10)9-6-7-9/h8-9,11H,3-7H2,1-2H3,(H,16,18)(H,19,20). The van der Waals surface area contributed by atoms with Gasteiger partial charge in [-0.25, -0.2) is 4.79 Å². The minimum atomic E-state index is -0.983. The summed E-state index contributed by atoms with van der Waals surface area (Å²) in [7, 11) is 1.82. The van der Waals surface area contributed by atoms with Gasteiger partial charge in [-0.2, -0.15) is 5.10 Å². The van der Waals surface area contributed by atoms with Gasteiger partial charge in [0.15, 0.2) is 0 Å². The SMILES string of the molecule is CCCCC(NC(=O)c1cnn(C)c1C1CC1)C(=O)O. The molecule has 110 valence electrons. The lowest BCUT2D eigenvalue weighted by Gasteiger charge is -2.14. The van der Waals surface area contributed by atoms with E-state index in [1.165, 1.54) is 6.20 Å². The third-order valence-electron chi connectivity index (χ3n) is 3.64. The molecule has 0 saturated heterocycles. The number of hydrogen-bond acceptors (Lipinski definition) is 3. The molecule has 1 aliphatic carbocycles. The van der Waals surface area contributed by atoms with Gasteiger partial charge in [0.05, 0.1) is 17.5 Å². The summed E-state index contributed by atoms with van der Waals surface area (Å²) in [5, 5.41) is 15.9. The average Bonchev–Trinajstić information content (AvgIpc) is 3.16. The Hall–Kier alpha value is -1.85. The summed E-state index contributed by atoms with van der Waals surface area (Å²) in [5.41, 5.74) is 1.43. The lowest BCUT2D eigenvalue weighted by atomic mass is 10.1. The van der Waals surface area contributed by atoms with E-state index in [9.17, 15) is 9.59 Å². The number of aliphatic carboxylic acids is 1. The van der Waals surface area contributed by atoms with Gasteiger partial charge in [-0.05, 0) is 19.3 Å². The Labute approximate surface area is 118 Å². The molecule has 0 aliphatic heterocycles. The molecule has 1 saturated carbocycles. The first-order chi connectivity index (χ1) is 9.54. The van der Waals surface area contributed by atoms with Crippen LogP contribution in [0.25, 0.3) is 0 Å². The van der Waals surface area contributed by atoms with E-state index < -0.39 is 12.0 Å². The summed E-state index contributed by atoms with van der Waals surface area (Å²) in [6, 6.07) is -0.824. The smallest absolute Gasteiger partial charge is 0.326 e. The lowest BCUT2D eigenvalue weighted by Crippen LogP contribution is -2.41. The number of carboxylic acid groups (broad SMARTS) is 1. The van der Waals surface area contributed by atoms with Crippen LogP contribution in [0.2, 0.25) is 0 Å². The van der Waals surface area contributed by atoms with E-state index in [0.717, 1.165) is 31.4 Å². The van der Waals surface area contributed by atoms with Crippen molar-refractivity contribution in [2.45, 2.75) is 51.0 Å². The van der Waals surface area contributed by atoms with Crippen molar-refractivity contribution >= 4 is 11.9 Å². The summed E-state index contributed by atoms with van der Waals surface area (Å²) < 4.78 is 1.72. The highest BCUT2D eigenvalue weighted by Crippen LogP contribution is 2.41. The van der Waals surface area contributed by atoms with Gasteiger partial charge in [-0.15, -0.1) is 0 Å². The van der Waals surface area contributed by atoms with Gasteiger partial charge in [0.1, 0.15) is 6.04 Å². The zero-order valence-electron chi connectivity index (χ0n) is 11.9. The average molecular weight is 279 g/mol. The number of unbranched alkanes of at least 4 members (excludes halogenated alkanes) is 1. The van der Waals surface area contributed by atoms with Gasteiger partial charge in [0, 0.05) is 13.0 Å². The second kappa shape index (κ2) is 6.07. The Morgan fingerprint density at radius 3 is 2.80 bits per heavy atom. The van der Waals surface area contributed by atoms with Crippen LogP contribution < -0.4 is 5.32 Å². The highest BCUT2D eigenvalue weighted by Gasteiger charge is 2.32. The molecule has 2 N–H and O–H groups in total. The van der Waals surface area contributed by atoms with Crippen LogP contribution in [-0.4, -0.2) is 32.8 Å². The van der Waals surface area contributed by atoms with Crippen LogP contribution in [0.5, 0.6) is 0 Å². The van der Waals surface area contributed by atoms with Crippen molar-refractivity contribution in [3.8, 4) is 0 Å². The number of aryl methyl sites for hydroxylation is 1. The third-order valence-corrected chi connectivity index (χ3v) is 3.64. The predicted molar refractivity (Wildman–Crippen MR) is 73.6 cm³/mol. The highest BCUT2D eigenvalue weighted by molar-refractivity contribution is 5.97. The molecule has 0 radical (unpaired) electrons. The fraction of sp³-hybridized carbons (Fsp3) is 0.643. The molecule has 0 bridgehead atoms. The number of nitrogens with one attached hydrogen (secondary N) is 1. The van der Waals surface area contributed by atoms with E-state index in [-0.39, 0.29) is 5.91 Å². The van der Waals surface area contributed by atoms with Gasteiger partial charge in [-0.1, -0.05) is 19.8 Å². The molecule has 1 heterocycles. The molecule has 1 fully saturated rings. The summed E-state index contributed by atoms with van der Waals surface area (Å²) in [6.07, 6.45) is 5.80. The number of hydrogen-bond donors (Lipinski definition) is 2. The zero-order chi connectivity index (χ0) is 14.7. The van der Waals surface area contributed by atoms with Crippen molar-refractivity contribution in [3.63, 3.8) is 0 Å². The number of carbonyl (C=O) groups is 2. The van der Waals surface area contributed by atoms with E-state index in [1.54, 1.807) is 4.68 Å². The van der Waals surface area contributed by atoms with Gasteiger partial charge in [-0.3, -0.25) is 9.48 Å². The highest BCUT2D eigenvalue weighted by atomic mass is 16.4. The lowest BCUT2D eigenvalue weighted by molar-refractivity contribution is -0.139. The van der Waals surface area contributed by atoms with E-state index in [2.05, 4.69) is 10.4 Å². The number of amides is 1. The third kappa shape index (κ3) is 3.18. The summed E-state index contributed by atoms with van der Waals surface area (Å²) in [5.74, 6) is -0.922. The Balaban J connectivity index is 2.08. The summed E-state index contributed by atoms with van der Waals surface area (Å²) in [4.78, 5) is 23.4. The maximum Gasteiger partial charge on any atom is 0.326 e. The fourth-order valence-electron chi connectivity index (χ4n) is 2.36. The van der Waals surface area contributed by atoms with Gasteiger partial charge >= 0.3 is 5.97 Å². The Morgan fingerprint density at radius 2 is 2.25 bits per heavy atom. The molecule has 2 rings (SSSR count). The molecule has 20 heavy (non-hydrogen) atoms. The molecule has 0 aromatic carbocycles. The van der Waals surface area contributed by atoms with Gasteiger partial charge in [0.25, 0.3) is 5.91 Å². The van der Waals surface area contributed by atoms with Crippen molar-refractivity contribution < 1.29 is 14.7 Å². The Kier molecular flexibility index (Phi) is 4.42. The largest absolute Gasteiger partial charge is 0.480 e. The van der Waals surface area contributed by atoms with Crippen LogP contribution in [0, 0.1) is 0 Å². The summed E-state index contributed by atoms with van der Waals surface area (Å²) in [6.45, 7) is 1.99. The van der Waals surface area contributed by atoms with Crippen LogP contribution in [0.4, 0.5) is 0 Å². The van der Waals surface area contributed by atoms with Gasteiger partial charge < -0.3 is 10.4 Å². The Bertz CT molecular complexity index is 506. The molecule has 1 unspecified atom stereocenters. The van der Waals surface area contributed by atoms with E-state index in [0.29, 0.717) is 17.9 Å². The van der Waals surface area contributed by atoms with Crippen molar-refractivity contribution in [2.24, 2.45) is 7.05 Å². The van der Waals surface area contributed by atoms with Crippen LogP contribution in [-0.2, 0) is 11.8 Å². The molecule has 1 aromatic heterocycles. The molecule has 1 atom stereocenters. The number of carboxylic acids is 1. The van der Waals surface area contributed by atoms with Crippen LogP contribution in [0.3, 0.4) is 0 Å². The van der Waals surface area contributed by atoms with Crippen molar-refractivity contribution in [1.82, 2.24) is 15.1 Å². The second-order valence-electron chi connectivity index (χ2n) is 5.35. The van der Waals surface area contributed by atoms with Crippen LogP contribution in [0.15, 0.2) is 6.20 Å². The normalized spacial score (nSPS) is 15.9. The fourth-order valence-corrected chi connectivity index (χ4v) is 2.36. The summed E-state index contributed by atoms with van der Waals surface area (Å²) >= 11 is 0. The number of nitrogens with zero attached hydrogens (tertiary/aromatic N) is 2. The quantitative estimate of drug-likeness (QED) is 0.795. The molecule has 1 aromatic rings.